The lowest BCUT2D eigenvalue weighted by molar-refractivity contribution is 0.462. The average molecular weight is 616 g/mol. The summed E-state index contributed by atoms with van der Waals surface area (Å²) in [7, 11) is 1.73. The van der Waals surface area contributed by atoms with Gasteiger partial charge >= 0.3 is 0 Å². The van der Waals surface area contributed by atoms with Gasteiger partial charge in [-0.1, -0.05) is 60.7 Å². The lowest BCUT2D eigenvalue weighted by Crippen LogP contribution is -2.08. The zero-order chi connectivity index (χ0) is 31.5. The van der Waals surface area contributed by atoms with Gasteiger partial charge in [-0.2, -0.15) is 0 Å². The first kappa shape index (κ1) is 29.5. The summed E-state index contributed by atoms with van der Waals surface area (Å²) in [6.07, 6.45) is 0. The number of aromatic hydroxyl groups is 2. The van der Waals surface area contributed by atoms with Crippen molar-refractivity contribution in [3.63, 3.8) is 0 Å². The molecule has 45 heavy (non-hydrogen) atoms. The fourth-order valence-corrected chi connectivity index (χ4v) is 5.32. The molecule has 2 aromatic heterocycles. The van der Waals surface area contributed by atoms with Gasteiger partial charge in [-0.3, -0.25) is 4.99 Å². The minimum absolute atomic E-state index is 0.111. The van der Waals surface area contributed by atoms with Crippen LogP contribution in [0.3, 0.4) is 0 Å². The third-order valence-electron chi connectivity index (χ3n) is 7.22. The SMILES string of the molecule is CN=C(c1ccccc1)c1cc(C)cc(-n2nc3ccccc3n2)c1O.Cc1cc(CCl)c(O)c(-n2nc3ccccc3n2)c1. The molecule has 0 fully saturated rings. The summed E-state index contributed by atoms with van der Waals surface area (Å²) in [5.74, 6) is 0.489. The van der Waals surface area contributed by atoms with Crippen LogP contribution < -0.4 is 0 Å². The molecular formula is C35H30ClN7O2. The van der Waals surface area contributed by atoms with Gasteiger partial charge in [0.05, 0.1) is 11.6 Å². The van der Waals surface area contributed by atoms with Crippen molar-refractivity contribution in [3.8, 4) is 22.9 Å². The highest BCUT2D eigenvalue weighted by Gasteiger charge is 2.18. The van der Waals surface area contributed by atoms with Gasteiger partial charge in [0.15, 0.2) is 5.75 Å². The average Bonchev–Trinajstić information content (AvgIpc) is 3.69. The first-order chi connectivity index (χ1) is 21.9. The van der Waals surface area contributed by atoms with Gasteiger partial charge in [0.25, 0.3) is 0 Å². The van der Waals surface area contributed by atoms with Crippen LogP contribution in [0.25, 0.3) is 33.4 Å². The Bertz CT molecular complexity index is 2100. The van der Waals surface area contributed by atoms with Crippen LogP contribution in [0.4, 0.5) is 0 Å². The molecule has 0 aliphatic rings. The van der Waals surface area contributed by atoms with Crippen LogP contribution in [0, 0.1) is 13.8 Å². The number of phenols is 2. The van der Waals surface area contributed by atoms with E-state index in [0.29, 0.717) is 22.5 Å². The highest BCUT2D eigenvalue weighted by molar-refractivity contribution is 6.17. The fourth-order valence-electron chi connectivity index (χ4n) is 5.12. The summed E-state index contributed by atoms with van der Waals surface area (Å²) in [5.41, 5.74) is 9.23. The Kier molecular flexibility index (Phi) is 8.26. The molecule has 10 heteroatoms. The van der Waals surface area contributed by atoms with E-state index in [4.69, 9.17) is 11.6 Å². The first-order valence-electron chi connectivity index (χ1n) is 14.3. The molecule has 0 saturated carbocycles. The number of phenolic OH excluding ortho intramolecular Hbond substituents is 2. The van der Waals surface area contributed by atoms with E-state index in [1.807, 2.05) is 117 Å². The monoisotopic (exact) mass is 615 g/mol. The zero-order valence-electron chi connectivity index (χ0n) is 24.9. The van der Waals surface area contributed by atoms with Gasteiger partial charge in [-0.05, 0) is 67.4 Å². The number of halogens is 1. The van der Waals surface area contributed by atoms with E-state index in [0.717, 1.165) is 44.5 Å². The number of aryl methyl sites for hydroxylation is 2. The van der Waals surface area contributed by atoms with E-state index >= 15 is 0 Å². The molecule has 224 valence electrons. The third-order valence-corrected chi connectivity index (χ3v) is 7.51. The normalized spacial score (nSPS) is 11.5. The maximum absolute atomic E-state index is 11.0. The second kappa shape index (κ2) is 12.6. The largest absolute Gasteiger partial charge is 0.505 e. The molecule has 0 bridgehead atoms. The topological polar surface area (TPSA) is 114 Å². The molecule has 7 aromatic rings. The maximum Gasteiger partial charge on any atom is 0.152 e. The number of hydrogen-bond acceptors (Lipinski definition) is 7. The van der Waals surface area contributed by atoms with Crippen molar-refractivity contribution in [3.05, 3.63) is 131 Å². The number of nitrogens with zero attached hydrogens (tertiary/aromatic N) is 7. The van der Waals surface area contributed by atoms with Crippen LogP contribution in [-0.4, -0.2) is 53.0 Å². The molecule has 0 amide bonds. The van der Waals surface area contributed by atoms with Crippen molar-refractivity contribution in [1.29, 1.82) is 0 Å². The predicted molar refractivity (Wildman–Crippen MR) is 178 cm³/mol. The highest BCUT2D eigenvalue weighted by atomic mass is 35.5. The van der Waals surface area contributed by atoms with Crippen LogP contribution in [0.2, 0.25) is 0 Å². The summed E-state index contributed by atoms with van der Waals surface area (Å²) < 4.78 is 0. The smallest absolute Gasteiger partial charge is 0.152 e. The fraction of sp³-hybridized carbons (Fsp3) is 0.114. The summed E-state index contributed by atoms with van der Waals surface area (Å²) in [5, 5.41) is 38.9. The Balaban J connectivity index is 0.000000167. The molecule has 0 aliphatic carbocycles. The lowest BCUT2D eigenvalue weighted by atomic mass is 9.98. The molecule has 0 spiro atoms. The van der Waals surface area contributed by atoms with Crippen molar-refractivity contribution >= 4 is 39.4 Å². The van der Waals surface area contributed by atoms with Gasteiger partial charge in [0.1, 0.15) is 39.2 Å². The second-order valence-electron chi connectivity index (χ2n) is 10.5. The van der Waals surface area contributed by atoms with Crippen molar-refractivity contribution in [2.45, 2.75) is 19.7 Å². The van der Waals surface area contributed by atoms with Gasteiger partial charge in [0, 0.05) is 23.7 Å². The molecule has 0 atom stereocenters. The van der Waals surface area contributed by atoms with Crippen LogP contribution in [0.1, 0.15) is 27.8 Å². The Morgan fingerprint density at radius 3 is 1.56 bits per heavy atom. The van der Waals surface area contributed by atoms with Crippen LogP contribution in [-0.2, 0) is 5.88 Å². The Morgan fingerprint density at radius 1 is 0.644 bits per heavy atom. The van der Waals surface area contributed by atoms with E-state index in [9.17, 15) is 10.2 Å². The second-order valence-corrected chi connectivity index (χ2v) is 10.8. The molecular weight excluding hydrogens is 586 g/mol. The minimum atomic E-state index is 0.111. The van der Waals surface area contributed by atoms with Crippen LogP contribution in [0.15, 0.2) is 108 Å². The molecule has 0 saturated heterocycles. The van der Waals surface area contributed by atoms with Gasteiger partial charge in [-0.25, -0.2) is 0 Å². The van der Waals surface area contributed by atoms with E-state index in [2.05, 4.69) is 25.4 Å². The summed E-state index contributed by atoms with van der Waals surface area (Å²) in [6, 6.07) is 32.5. The molecule has 0 aliphatic heterocycles. The van der Waals surface area contributed by atoms with Crippen LogP contribution in [0.5, 0.6) is 11.5 Å². The van der Waals surface area contributed by atoms with Gasteiger partial charge in [-0.15, -0.1) is 41.6 Å². The number of hydrogen-bond donors (Lipinski definition) is 2. The minimum Gasteiger partial charge on any atom is -0.505 e. The number of benzene rings is 5. The summed E-state index contributed by atoms with van der Waals surface area (Å²) in [4.78, 5) is 7.34. The standard InChI is InChI=1S/C21H18N4O.C14H12ClN3O/c1-14-12-16(20(22-2)15-8-4-3-5-9-15)21(26)19(13-14)25-23-17-10-6-7-11-18(17)24-25;1-9-6-10(8-15)14(19)13(7-9)18-16-11-4-2-3-5-12(11)17-18/h3-13,26H,1-2H3;2-7,19H,8H2,1H3. The van der Waals surface area contributed by atoms with Crippen molar-refractivity contribution < 1.29 is 10.2 Å². The highest BCUT2D eigenvalue weighted by Crippen LogP contribution is 2.31. The molecule has 9 nitrogen and oxygen atoms in total. The van der Waals surface area contributed by atoms with Crippen molar-refractivity contribution in [1.82, 2.24) is 30.0 Å². The maximum atomic E-state index is 11.0. The first-order valence-corrected chi connectivity index (χ1v) is 14.8. The quantitative estimate of drug-likeness (QED) is 0.158. The van der Waals surface area contributed by atoms with Gasteiger partial charge in [0.2, 0.25) is 0 Å². The Hall–Kier alpha value is -5.54. The Labute approximate surface area is 264 Å². The molecule has 0 radical (unpaired) electrons. The number of aliphatic imine (C=N–C) groups is 1. The van der Waals surface area contributed by atoms with Crippen molar-refractivity contribution in [2.75, 3.05) is 7.05 Å². The van der Waals surface area contributed by atoms with Crippen LogP contribution >= 0.6 is 11.6 Å². The number of rotatable bonds is 5. The summed E-state index contributed by atoms with van der Waals surface area (Å²) in [6.45, 7) is 3.93. The van der Waals surface area contributed by atoms with E-state index in [1.54, 1.807) is 7.05 Å². The molecule has 0 unspecified atom stereocenters. The van der Waals surface area contributed by atoms with E-state index in [-0.39, 0.29) is 17.4 Å². The number of alkyl halides is 1. The number of fused-ring (bicyclic) bond motifs is 2. The van der Waals surface area contributed by atoms with Crippen molar-refractivity contribution in [2.24, 2.45) is 4.99 Å². The lowest BCUT2D eigenvalue weighted by Gasteiger charge is -2.13. The van der Waals surface area contributed by atoms with E-state index in [1.165, 1.54) is 9.59 Å². The van der Waals surface area contributed by atoms with Gasteiger partial charge < -0.3 is 10.2 Å². The van der Waals surface area contributed by atoms with E-state index < -0.39 is 0 Å². The number of aromatic nitrogens is 6. The predicted octanol–water partition coefficient (Wildman–Crippen LogP) is 7.08. The molecule has 2 N–H and O–H groups in total. The summed E-state index contributed by atoms with van der Waals surface area (Å²) >= 11 is 5.83. The Morgan fingerprint density at radius 2 is 1.09 bits per heavy atom. The molecule has 5 aromatic carbocycles. The zero-order valence-corrected chi connectivity index (χ0v) is 25.7. The third kappa shape index (κ3) is 5.98. The molecule has 2 heterocycles. The molecule has 7 rings (SSSR count).